The van der Waals surface area contributed by atoms with E-state index in [0.717, 1.165) is 12.2 Å². The molecule has 0 radical (unpaired) electrons. The minimum Gasteiger partial charge on any atom is -0.362 e. The Kier molecular flexibility index (Phi) is 6.35. The Morgan fingerprint density at radius 3 is 2.11 bits per heavy atom. The molecule has 27 heavy (non-hydrogen) atoms. The third-order valence-electron chi connectivity index (χ3n) is 4.84. The van der Waals surface area contributed by atoms with Crippen molar-refractivity contribution in [2.75, 3.05) is 44.2 Å². The SMILES string of the molecule is CCN(CC(=O)N1CCN(C(=O)c2ccc(Cl)cc2)CC1)c1ccccc1. The van der Waals surface area contributed by atoms with Gasteiger partial charge in [0.15, 0.2) is 0 Å². The van der Waals surface area contributed by atoms with Gasteiger partial charge in [0.1, 0.15) is 0 Å². The van der Waals surface area contributed by atoms with Gasteiger partial charge in [0.25, 0.3) is 5.91 Å². The smallest absolute Gasteiger partial charge is 0.253 e. The number of carbonyl (C=O) groups is 2. The molecule has 3 rings (SSSR count). The number of carbonyl (C=O) groups excluding carboxylic acids is 2. The number of halogens is 1. The quantitative estimate of drug-likeness (QED) is 0.794. The molecule has 2 amide bonds. The average molecular weight is 386 g/mol. The zero-order valence-corrected chi connectivity index (χ0v) is 16.2. The van der Waals surface area contributed by atoms with Crippen LogP contribution in [0.1, 0.15) is 17.3 Å². The lowest BCUT2D eigenvalue weighted by Gasteiger charge is -2.36. The highest BCUT2D eigenvalue weighted by molar-refractivity contribution is 6.30. The first-order valence-electron chi connectivity index (χ1n) is 9.21. The summed E-state index contributed by atoms with van der Waals surface area (Å²) >= 11 is 5.88. The van der Waals surface area contributed by atoms with Crippen molar-refractivity contribution in [2.24, 2.45) is 0 Å². The maximum atomic E-state index is 12.7. The Hall–Kier alpha value is -2.53. The first kappa shape index (κ1) is 19.2. The molecule has 2 aromatic rings. The van der Waals surface area contributed by atoms with Gasteiger partial charge in [-0.25, -0.2) is 0 Å². The molecule has 1 saturated heterocycles. The van der Waals surface area contributed by atoms with Crippen molar-refractivity contribution in [1.82, 2.24) is 9.80 Å². The van der Waals surface area contributed by atoms with Gasteiger partial charge in [-0.05, 0) is 43.3 Å². The number of nitrogens with zero attached hydrogens (tertiary/aromatic N) is 3. The lowest BCUT2D eigenvalue weighted by Crippen LogP contribution is -2.52. The molecule has 0 spiro atoms. The highest BCUT2D eigenvalue weighted by Gasteiger charge is 2.25. The molecule has 6 heteroatoms. The van der Waals surface area contributed by atoms with Gasteiger partial charge >= 0.3 is 0 Å². The van der Waals surface area contributed by atoms with Crippen molar-refractivity contribution in [3.05, 3.63) is 65.2 Å². The second-order valence-corrected chi connectivity index (χ2v) is 6.97. The van der Waals surface area contributed by atoms with Crippen LogP contribution in [-0.4, -0.2) is 60.9 Å². The molecule has 0 N–H and O–H groups in total. The van der Waals surface area contributed by atoms with E-state index < -0.39 is 0 Å². The Morgan fingerprint density at radius 1 is 0.926 bits per heavy atom. The third kappa shape index (κ3) is 4.80. The first-order valence-corrected chi connectivity index (χ1v) is 9.59. The predicted octanol–water partition coefficient (Wildman–Crippen LogP) is 3.15. The summed E-state index contributed by atoms with van der Waals surface area (Å²) in [4.78, 5) is 31.0. The number of benzene rings is 2. The highest BCUT2D eigenvalue weighted by atomic mass is 35.5. The van der Waals surface area contributed by atoms with Gasteiger partial charge in [0, 0.05) is 49.0 Å². The fourth-order valence-corrected chi connectivity index (χ4v) is 3.35. The van der Waals surface area contributed by atoms with Crippen LogP contribution in [0.25, 0.3) is 0 Å². The number of anilines is 1. The number of hydrogen-bond acceptors (Lipinski definition) is 3. The van der Waals surface area contributed by atoms with Gasteiger partial charge in [-0.15, -0.1) is 0 Å². The van der Waals surface area contributed by atoms with Crippen LogP contribution >= 0.6 is 11.6 Å². The topological polar surface area (TPSA) is 43.9 Å². The molecular weight excluding hydrogens is 362 g/mol. The van der Waals surface area contributed by atoms with E-state index in [1.54, 1.807) is 29.2 Å². The van der Waals surface area contributed by atoms with Crippen LogP contribution in [0.3, 0.4) is 0 Å². The number of rotatable bonds is 5. The fourth-order valence-electron chi connectivity index (χ4n) is 3.22. The van der Waals surface area contributed by atoms with E-state index in [1.807, 2.05) is 42.2 Å². The van der Waals surface area contributed by atoms with Crippen LogP contribution in [0.4, 0.5) is 5.69 Å². The lowest BCUT2D eigenvalue weighted by molar-refractivity contribution is -0.131. The maximum absolute atomic E-state index is 12.7. The minimum atomic E-state index is -0.0155. The van der Waals surface area contributed by atoms with E-state index in [1.165, 1.54) is 0 Å². The van der Waals surface area contributed by atoms with E-state index in [9.17, 15) is 9.59 Å². The molecule has 0 saturated carbocycles. The number of para-hydroxylation sites is 1. The molecule has 0 aliphatic carbocycles. The highest BCUT2D eigenvalue weighted by Crippen LogP contribution is 2.15. The zero-order valence-electron chi connectivity index (χ0n) is 15.5. The normalized spacial score (nSPS) is 14.1. The molecule has 1 heterocycles. The number of likely N-dealkylation sites (N-methyl/N-ethyl adjacent to an activating group) is 1. The monoisotopic (exact) mass is 385 g/mol. The van der Waals surface area contributed by atoms with E-state index in [-0.39, 0.29) is 11.8 Å². The summed E-state index contributed by atoms with van der Waals surface area (Å²) in [7, 11) is 0. The van der Waals surface area contributed by atoms with Gasteiger partial charge in [0.2, 0.25) is 5.91 Å². The second-order valence-electron chi connectivity index (χ2n) is 6.53. The molecule has 0 atom stereocenters. The summed E-state index contributed by atoms with van der Waals surface area (Å²) in [5.74, 6) is 0.0810. The molecular formula is C21H24ClN3O2. The van der Waals surface area contributed by atoms with Crippen molar-refractivity contribution in [1.29, 1.82) is 0 Å². The third-order valence-corrected chi connectivity index (χ3v) is 5.09. The van der Waals surface area contributed by atoms with Crippen molar-refractivity contribution in [3.63, 3.8) is 0 Å². The Morgan fingerprint density at radius 2 is 1.52 bits per heavy atom. The van der Waals surface area contributed by atoms with Crippen molar-refractivity contribution in [3.8, 4) is 0 Å². The molecule has 1 fully saturated rings. The average Bonchev–Trinajstić information content (AvgIpc) is 2.72. The van der Waals surface area contributed by atoms with E-state index in [4.69, 9.17) is 11.6 Å². The van der Waals surface area contributed by atoms with E-state index in [2.05, 4.69) is 4.90 Å². The maximum Gasteiger partial charge on any atom is 0.253 e. The van der Waals surface area contributed by atoms with Crippen LogP contribution < -0.4 is 4.90 Å². The summed E-state index contributed by atoms with van der Waals surface area (Å²) in [5, 5.41) is 0.612. The predicted molar refractivity (Wildman–Crippen MR) is 108 cm³/mol. The molecule has 0 unspecified atom stereocenters. The van der Waals surface area contributed by atoms with E-state index >= 15 is 0 Å². The molecule has 2 aromatic carbocycles. The Balaban J connectivity index is 1.54. The van der Waals surface area contributed by atoms with Gasteiger partial charge in [0.05, 0.1) is 6.54 Å². The Labute approximate surface area is 165 Å². The molecule has 1 aliphatic heterocycles. The first-order chi connectivity index (χ1) is 13.1. The van der Waals surface area contributed by atoms with Crippen LogP contribution in [0.2, 0.25) is 5.02 Å². The molecule has 0 bridgehead atoms. The van der Waals surface area contributed by atoms with Crippen LogP contribution in [0, 0.1) is 0 Å². The summed E-state index contributed by atoms with van der Waals surface area (Å²) in [6.45, 7) is 5.38. The van der Waals surface area contributed by atoms with Crippen LogP contribution in [0.5, 0.6) is 0 Å². The lowest BCUT2D eigenvalue weighted by atomic mass is 10.2. The second kappa shape index (κ2) is 8.91. The summed E-state index contributed by atoms with van der Waals surface area (Å²) in [6, 6.07) is 16.9. The summed E-state index contributed by atoms with van der Waals surface area (Å²) in [6.07, 6.45) is 0. The summed E-state index contributed by atoms with van der Waals surface area (Å²) < 4.78 is 0. The molecule has 0 aromatic heterocycles. The zero-order chi connectivity index (χ0) is 19.2. The van der Waals surface area contributed by atoms with E-state index in [0.29, 0.717) is 43.3 Å². The largest absolute Gasteiger partial charge is 0.362 e. The van der Waals surface area contributed by atoms with Crippen molar-refractivity contribution < 1.29 is 9.59 Å². The fraction of sp³-hybridized carbons (Fsp3) is 0.333. The number of amides is 2. The van der Waals surface area contributed by atoms with Crippen LogP contribution in [0.15, 0.2) is 54.6 Å². The summed E-state index contributed by atoms with van der Waals surface area (Å²) in [5.41, 5.74) is 1.67. The van der Waals surface area contributed by atoms with Gasteiger partial charge in [-0.3, -0.25) is 9.59 Å². The van der Waals surface area contributed by atoms with Gasteiger partial charge in [-0.1, -0.05) is 29.8 Å². The molecule has 1 aliphatic rings. The van der Waals surface area contributed by atoms with Crippen molar-refractivity contribution in [2.45, 2.75) is 6.92 Å². The standard InChI is InChI=1S/C21H24ClN3O2/c1-2-23(19-6-4-3-5-7-19)16-20(26)24-12-14-25(15-13-24)21(27)17-8-10-18(22)11-9-17/h3-11H,2,12-16H2,1H3. The molecule has 142 valence electrons. The van der Waals surface area contributed by atoms with Gasteiger partial charge in [-0.2, -0.15) is 0 Å². The minimum absolute atomic E-state index is 0.0155. The molecule has 5 nitrogen and oxygen atoms in total. The number of piperazine rings is 1. The number of hydrogen-bond donors (Lipinski definition) is 0. The van der Waals surface area contributed by atoms with Crippen LogP contribution in [-0.2, 0) is 4.79 Å². The van der Waals surface area contributed by atoms with Gasteiger partial charge < -0.3 is 14.7 Å². The Bertz CT molecular complexity index is 772. The van der Waals surface area contributed by atoms with Crippen molar-refractivity contribution >= 4 is 29.1 Å².